The molecule has 0 aromatic heterocycles. The van der Waals surface area contributed by atoms with Crippen molar-refractivity contribution in [3.05, 3.63) is 57.6 Å². The van der Waals surface area contributed by atoms with Gasteiger partial charge in [0.05, 0.1) is 37.9 Å². The number of nitro benzene ring substituents is 1. The predicted octanol–water partition coefficient (Wildman–Crippen LogP) is 2.34. The molecule has 9 heteroatoms. The summed E-state index contributed by atoms with van der Waals surface area (Å²) in [6, 6.07) is 9.55. The summed E-state index contributed by atoms with van der Waals surface area (Å²) in [4.78, 5) is 23.3. The lowest BCUT2D eigenvalue weighted by Crippen LogP contribution is -2.42. The Bertz CT molecular complexity index is 879. The van der Waals surface area contributed by atoms with E-state index in [4.69, 9.17) is 14.2 Å². The summed E-state index contributed by atoms with van der Waals surface area (Å²) >= 11 is 0. The second-order valence-corrected chi connectivity index (χ2v) is 6.69. The second-order valence-electron chi connectivity index (χ2n) is 6.69. The van der Waals surface area contributed by atoms with E-state index in [1.165, 1.54) is 20.3 Å². The van der Waals surface area contributed by atoms with Crippen LogP contribution in [0.1, 0.15) is 22.8 Å². The van der Waals surface area contributed by atoms with Gasteiger partial charge in [-0.2, -0.15) is 0 Å². The molecule has 2 aromatic carbocycles. The fraction of sp³-hybridized carbons (Fsp3) is 0.350. The van der Waals surface area contributed by atoms with Crippen LogP contribution in [0, 0.1) is 10.1 Å². The molecule has 0 radical (unpaired) electrons. The highest BCUT2D eigenvalue weighted by atomic mass is 16.6. The summed E-state index contributed by atoms with van der Waals surface area (Å²) in [6.45, 7) is 1.46. The standard InChI is InChI=1S/C20H24N2O7/c1-20(24,11-13-5-7-14(27-2)8-6-13)12-21-19(23)15-9-17(28-3)18(29-4)10-16(15)22(25)26/h5-10,24H,11-12H2,1-4H3,(H,21,23). The van der Waals surface area contributed by atoms with Crippen molar-refractivity contribution in [2.24, 2.45) is 0 Å². The largest absolute Gasteiger partial charge is 0.497 e. The number of hydrogen-bond acceptors (Lipinski definition) is 7. The first-order chi connectivity index (χ1) is 13.7. The van der Waals surface area contributed by atoms with Gasteiger partial charge in [-0.3, -0.25) is 14.9 Å². The third kappa shape index (κ3) is 5.58. The molecule has 2 rings (SSSR count). The zero-order chi connectivity index (χ0) is 21.6. The number of ether oxygens (including phenoxy) is 3. The van der Waals surface area contributed by atoms with E-state index in [1.54, 1.807) is 26.2 Å². The van der Waals surface area contributed by atoms with Crippen LogP contribution in [-0.2, 0) is 6.42 Å². The van der Waals surface area contributed by atoms with Gasteiger partial charge >= 0.3 is 0 Å². The lowest BCUT2D eigenvalue weighted by Gasteiger charge is -2.24. The van der Waals surface area contributed by atoms with E-state index >= 15 is 0 Å². The molecule has 0 saturated heterocycles. The van der Waals surface area contributed by atoms with E-state index in [2.05, 4.69) is 5.32 Å². The fourth-order valence-electron chi connectivity index (χ4n) is 2.81. The monoisotopic (exact) mass is 404 g/mol. The van der Waals surface area contributed by atoms with Crippen molar-refractivity contribution in [3.8, 4) is 17.2 Å². The Morgan fingerprint density at radius 2 is 1.69 bits per heavy atom. The average Bonchev–Trinajstić information content (AvgIpc) is 2.71. The fourth-order valence-corrected chi connectivity index (χ4v) is 2.81. The molecule has 1 atom stereocenters. The second kappa shape index (κ2) is 9.24. The number of methoxy groups -OCH3 is 3. The molecule has 9 nitrogen and oxygen atoms in total. The third-order valence-corrected chi connectivity index (χ3v) is 4.32. The molecule has 2 aromatic rings. The first-order valence-electron chi connectivity index (χ1n) is 8.74. The molecule has 0 aliphatic carbocycles. The van der Waals surface area contributed by atoms with E-state index < -0.39 is 22.1 Å². The minimum absolute atomic E-state index is 0.108. The zero-order valence-electron chi connectivity index (χ0n) is 16.7. The minimum Gasteiger partial charge on any atom is -0.497 e. The predicted molar refractivity (Wildman–Crippen MR) is 106 cm³/mol. The van der Waals surface area contributed by atoms with Crippen LogP contribution in [0.4, 0.5) is 5.69 Å². The van der Waals surface area contributed by atoms with Gasteiger partial charge in [0.1, 0.15) is 11.3 Å². The Morgan fingerprint density at radius 3 is 2.21 bits per heavy atom. The first kappa shape index (κ1) is 22.0. The van der Waals surface area contributed by atoms with Gasteiger partial charge in [0.15, 0.2) is 11.5 Å². The number of carbonyl (C=O) groups is 1. The lowest BCUT2D eigenvalue weighted by atomic mass is 9.96. The Hall–Kier alpha value is -3.33. The molecule has 0 heterocycles. The minimum atomic E-state index is -1.27. The van der Waals surface area contributed by atoms with Gasteiger partial charge in [0.25, 0.3) is 11.6 Å². The third-order valence-electron chi connectivity index (χ3n) is 4.32. The molecule has 0 spiro atoms. The molecule has 0 saturated carbocycles. The van der Waals surface area contributed by atoms with Crippen LogP contribution in [-0.4, -0.2) is 49.4 Å². The Morgan fingerprint density at radius 1 is 1.10 bits per heavy atom. The lowest BCUT2D eigenvalue weighted by molar-refractivity contribution is -0.385. The number of carbonyl (C=O) groups excluding carboxylic acids is 1. The van der Waals surface area contributed by atoms with Crippen LogP contribution in [0.2, 0.25) is 0 Å². The van der Waals surface area contributed by atoms with Crippen LogP contribution in [0.25, 0.3) is 0 Å². The van der Waals surface area contributed by atoms with Gasteiger partial charge in [0.2, 0.25) is 0 Å². The number of aliphatic hydroxyl groups is 1. The van der Waals surface area contributed by atoms with Crippen LogP contribution < -0.4 is 19.5 Å². The topological polar surface area (TPSA) is 120 Å². The number of hydrogen-bond donors (Lipinski definition) is 2. The molecule has 0 fully saturated rings. The van der Waals surface area contributed by atoms with E-state index in [1.807, 2.05) is 12.1 Å². The van der Waals surface area contributed by atoms with Crippen molar-refractivity contribution >= 4 is 11.6 Å². The number of amides is 1. The van der Waals surface area contributed by atoms with E-state index in [0.29, 0.717) is 5.75 Å². The molecule has 0 aliphatic heterocycles. The molecule has 0 aliphatic rings. The summed E-state index contributed by atoms with van der Waals surface area (Å²) in [5, 5.41) is 24.5. The highest BCUT2D eigenvalue weighted by Crippen LogP contribution is 2.34. The van der Waals surface area contributed by atoms with Crippen molar-refractivity contribution in [1.82, 2.24) is 5.32 Å². The Kier molecular flexibility index (Phi) is 7.00. The summed E-state index contributed by atoms with van der Waals surface area (Å²) in [7, 11) is 4.27. The molecule has 2 N–H and O–H groups in total. The van der Waals surface area contributed by atoms with Crippen molar-refractivity contribution in [1.29, 1.82) is 0 Å². The summed E-state index contributed by atoms with van der Waals surface area (Å²) in [6.07, 6.45) is 0.269. The molecule has 1 amide bonds. The van der Waals surface area contributed by atoms with E-state index in [9.17, 15) is 20.0 Å². The van der Waals surface area contributed by atoms with Crippen molar-refractivity contribution < 1.29 is 29.0 Å². The average molecular weight is 404 g/mol. The maximum Gasteiger partial charge on any atom is 0.286 e. The summed E-state index contributed by atoms with van der Waals surface area (Å²) in [5.74, 6) is 0.325. The van der Waals surface area contributed by atoms with E-state index in [0.717, 1.165) is 11.6 Å². The van der Waals surface area contributed by atoms with Crippen LogP contribution in [0.5, 0.6) is 17.2 Å². The highest BCUT2D eigenvalue weighted by molar-refractivity contribution is 5.99. The van der Waals surface area contributed by atoms with Gasteiger partial charge in [-0.25, -0.2) is 0 Å². The molecular weight excluding hydrogens is 380 g/mol. The molecule has 0 bridgehead atoms. The highest BCUT2D eigenvalue weighted by Gasteiger charge is 2.27. The van der Waals surface area contributed by atoms with Gasteiger partial charge in [-0.15, -0.1) is 0 Å². The van der Waals surface area contributed by atoms with Crippen molar-refractivity contribution in [2.45, 2.75) is 18.9 Å². The van der Waals surface area contributed by atoms with Crippen molar-refractivity contribution in [2.75, 3.05) is 27.9 Å². The maximum absolute atomic E-state index is 12.6. The van der Waals surface area contributed by atoms with Crippen LogP contribution in [0.15, 0.2) is 36.4 Å². The van der Waals surface area contributed by atoms with Crippen molar-refractivity contribution in [3.63, 3.8) is 0 Å². The normalized spacial score (nSPS) is 12.6. The Balaban J connectivity index is 2.15. The number of nitro groups is 1. The SMILES string of the molecule is COc1ccc(CC(C)(O)CNC(=O)c2cc(OC)c(OC)cc2[N+](=O)[O-])cc1. The quantitative estimate of drug-likeness (QED) is 0.486. The molecule has 156 valence electrons. The number of benzene rings is 2. The molecule has 29 heavy (non-hydrogen) atoms. The van der Waals surface area contributed by atoms with Crippen LogP contribution >= 0.6 is 0 Å². The first-order valence-corrected chi connectivity index (χ1v) is 8.74. The number of nitrogens with zero attached hydrogens (tertiary/aromatic N) is 1. The maximum atomic E-state index is 12.6. The van der Waals surface area contributed by atoms with Gasteiger partial charge < -0.3 is 24.6 Å². The summed E-state index contributed by atoms with van der Waals surface area (Å²) < 4.78 is 15.3. The molecular formula is C20H24N2O7. The summed E-state index contributed by atoms with van der Waals surface area (Å²) in [5.41, 5.74) is -1.03. The van der Waals surface area contributed by atoms with Crippen LogP contribution in [0.3, 0.4) is 0 Å². The van der Waals surface area contributed by atoms with Gasteiger partial charge in [-0.1, -0.05) is 12.1 Å². The molecule has 1 unspecified atom stereocenters. The Labute approximate surface area is 168 Å². The smallest absolute Gasteiger partial charge is 0.286 e. The van der Waals surface area contributed by atoms with Gasteiger partial charge in [0, 0.05) is 19.0 Å². The number of rotatable bonds is 9. The van der Waals surface area contributed by atoms with E-state index in [-0.39, 0.29) is 30.0 Å². The van der Waals surface area contributed by atoms with Gasteiger partial charge in [-0.05, 0) is 24.6 Å². The number of nitrogens with one attached hydrogen (secondary N) is 1. The zero-order valence-corrected chi connectivity index (χ0v) is 16.7.